The molecular formula is C20H22N4O4S2. The zero-order valence-corrected chi connectivity index (χ0v) is 18.1. The number of hydrogen-bond donors (Lipinski definition) is 2. The lowest BCUT2D eigenvalue weighted by Crippen LogP contribution is -2.19. The smallest absolute Gasteiger partial charge is 0.338 e. The summed E-state index contributed by atoms with van der Waals surface area (Å²) in [5, 5.41) is 0.928. The van der Waals surface area contributed by atoms with Gasteiger partial charge in [0, 0.05) is 4.88 Å². The Labute approximate surface area is 178 Å². The van der Waals surface area contributed by atoms with Crippen molar-refractivity contribution in [2.24, 2.45) is 0 Å². The number of thiophene rings is 1. The van der Waals surface area contributed by atoms with Gasteiger partial charge >= 0.3 is 5.97 Å². The van der Waals surface area contributed by atoms with Gasteiger partial charge in [-0.2, -0.15) is 0 Å². The highest BCUT2D eigenvalue weighted by Crippen LogP contribution is 2.37. The van der Waals surface area contributed by atoms with Crippen LogP contribution in [-0.2, 0) is 34.2 Å². The standard InChI is InChI=1S/C20H22N4O4S2/c1-22-30(26,27)13-7-5-6-12(10-13)20(25)28-11-16-23-18(21)17-14-8-3-2-4-9-15(14)29-19(17)24-16/h5-7,10,22H,2-4,8-9,11H2,1H3,(H2,21,23,24). The van der Waals surface area contributed by atoms with Crippen LogP contribution in [0.4, 0.5) is 5.82 Å². The number of nitrogens with two attached hydrogens (primary N) is 1. The summed E-state index contributed by atoms with van der Waals surface area (Å²) >= 11 is 1.63. The molecule has 0 bridgehead atoms. The molecule has 0 unspecified atom stereocenters. The fraction of sp³-hybridized carbons (Fsp3) is 0.350. The van der Waals surface area contributed by atoms with E-state index in [1.54, 1.807) is 11.3 Å². The molecule has 0 radical (unpaired) electrons. The Morgan fingerprint density at radius 3 is 2.83 bits per heavy atom. The number of sulfonamides is 1. The number of nitrogen functional groups attached to an aromatic ring is 1. The third kappa shape index (κ3) is 4.03. The number of nitrogens with one attached hydrogen (secondary N) is 1. The Bertz CT molecular complexity index is 1220. The van der Waals surface area contributed by atoms with Crippen LogP contribution in [0.2, 0.25) is 0 Å². The summed E-state index contributed by atoms with van der Waals surface area (Å²) in [7, 11) is -2.35. The van der Waals surface area contributed by atoms with Gasteiger partial charge in [0.1, 0.15) is 10.6 Å². The van der Waals surface area contributed by atoms with Crippen LogP contribution in [-0.4, -0.2) is 31.4 Å². The van der Waals surface area contributed by atoms with Gasteiger partial charge in [-0.3, -0.25) is 0 Å². The largest absolute Gasteiger partial charge is 0.454 e. The SMILES string of the molecule is CNS(=O)(=O)c1cccc(C(=O)OCc2nc(N)c3c4c(sc3n2)CCCCC4)c1. The summed E-state index contributed by atoms with van der Waals surface area (Å²) in [5.74, 6) is 0.0729. The highest BCUT2D eigenvalue weighted by Gasteiger charge is 2.20. The van der Waals surface area contributed by atoms with E-state index in [1.165, 1.54) is 54.6 Å². The second kappa shape index (κ2) is 8.29. The number of carbonyl (C=O) groups excluding carboxylic acids is 1. The first-order chi connectivity index (χ1) is 14.4. The summed E-state index contributed by atoms with van der Waals surface area (Å²) in [4.78, 5) is 23.4. The number of nitrogens with zero attached hydrogens (tertiary/aromatic N) is 2. The predicted octanol–water partition coefficient (Wildman–Crippen LogP) is 2.81. The number of esters is 1. The fourth-order valence-corrected chi connectivity index (χ4v) is 5.66. The van der Waals surface area contributed by atoms with Crippen molar-refractivity contribution in [3.05, 3.63) is 46.1 Å². The van der Waals surface area contributed by atoms with Crippen LogP contribution < -0.4 is 10.5 Å². The molecule has 0 saturated heterocycles. The van der Waals surface area contributed by atoms with Gasteiger partial charge in [-0.15, -0.1) is 11.3 Å². The molecule has 3 N–H and O–H groups in total. The molecule has 2 heterocycles. The van der Waals surface area contributed by atoms with Crippen molar-refractivity contribution in [2.75, 3.05) is 12.8 Å². The van der Waals surface area contributed by atoms with Crippen LogP contribution in [0, 0.1) is 0 Å². The van der Waals surface area contributed by atoms with Gasteiger partial charge in [-0.05, 0) is 56.5 Å². The number of ether oxygens (including phenoxy) is 1. The average Bonchev–Trinajstić information content (AvgIpc) is 2.94. The molecule has 0 spiro atoms. The molecule has 158 valence electrons. The van der Waals surface area contributed by atoms with E-state index in [0.717, 1.165) is 29.5 Å². The third-order valence-corrected chi connectivity index (χ3v) is 7.72. The number of carbonyl (C=O) groups is 1. The molecule has 0 aliphatic heterocycles. The molecule has 10 heteroatoms. The van der Waals surface area contributed by atoms with Crippen LogP contribution in [0.5, 0.6) is 0 Å². The quantitative estimate of drug-likeness (QED) is 0.456. The average molecular weight is 447 g/mol. The number of anilines is 1. The summed E-state index contributed by atoms with van der Waals surface area (Å²) in [6, 6.07) is 5.65. The van der Waals surface area contributed by atoms with E-state index in [9.17, 15) is 13.2 Å². The van der Waals surface area contributed by atoms with Crippen molar-refractivity contribution in [3.8, 4) is 0 Å². The second-order valence-corrected chi connectivity index (χ2v) is 10.1. The minimum Gasteiger partial charge on any atom is -0.454 e. The van der Waals surface area contributed by atoms with Crippen LogP contribution in [0.25, 0.3) is 10.2 Å². The summed E-state index contributed by atoms with van der Waals surface area (Å²) in [6.07, 6.45) is 5.55. The minimum absolute atomic E-state index is 0.0125. The summed E-state index contributed by atoms with van der Waals surface area (Å²) < 4.78 is 31.4. The van der Waals surface area contributed by atoms with E-state index in [0.29, 0.717) is 11.6 Å². The lowest BCUT2D eigenvalue weighted by Gasteiger charge is -2.07. The van der Waals surface area contributed by atoms with Crippen molar-refractivity contribution in [1.29, 1.82) is 0 Å². The predicted molar refractivity (Wildman–Crippen MR) is 115 cm³/mol. The maximum atomic E-state index is 12.4. The highest BCUT2D eigenvalue weighted by atomic mass is 32.2. The van der Waals surface area contributed by atoms with Gasteiger partial charge < -0.3 is 10.5 Å². The molecule has 2 aromatic heterocycles. The van der Waals surface area contributed by atoms with Crippen LogP contribution in [0.1, 0.15) is 45.9 Å². The Hall–Kier alpha value is -2.56. The van der Waals surface area contributed by atoms with Crippen molar-refractivity contribution in [3.63, 3.8) is 0 Å². The molecule has 30 heavy (non-hydrogen) atoms. The lowest BCUT2D eigenvalue weighted by atomic mass is 10.1. The molecule has 8 nitrogen and oxygen atoms in total. The van der Waals surface area contributed by atoms with Gasteiger partial charge in [0.2, 0.25) is 10.0 Å². The fourth-order valence-electron chi connectivity index (χ4n) is 3.59. The Kier molecular flexibility index (Phi) is 5.72. The lowest BCUT2D eigenvalue weighted by molar-refractivity contribution is 0.0462. The first kappa shape index (κ1) is 20.7. The van der Waals surface area contributed by atoms with Crippen molar-refractivity contribution in [1.82, 2.24) is 14.7 Å². The maximum Gasteiger partial charge on any atom is 0.338 e. The molecule has 3 aromatic rings. The highest BCUT2D eigenvalue weighted by molar-refractivity contribution is 7.89. The van der Waals surface area contributed by atoms with Crippen LogP contribution >= 0.6 is 11.3 Å². The molecule has 0 fully saturated rings. The van der Waals surface area contributed by atoms with E-state index in [-0.39, 0.29) is 17.1 Å². The first-order valence-electron chi connectivity index (χ1n) is 9.66. The molecule has 0 amide bonds. The van der Waals surface area contributed by atoms with Crippen LogP contribution in [0.15, 0.2) is 29.2 Å². The number of aryl methyl sites for hydroxylation is 2. The Morgan fingerprint density at radius 2 is 2.03 bits per heavy atom. The van der Waals surface area contributed by atoms with E-state index in [4.69, 9.17) is 10.5 Å². The minimum atomic E-state index is -3.65. The van der Waals surface area contributed by atoms with Crippen molar-refractivity contribution in [2.45, 2.75) is 43.6 Å². The van der Waals surface area contributed by atoms with Crippen LogP contribution in [0.3, 0.4) is 0 Å². The molecule has 4 rings (SSSR count). The number of aromatic nitrogens is 2. The topological polar surface area (TPSA) is 124 Å². The van der Waals surface area contributed by atoms with Gasteiger partial charge in [-0.1, -0.05) is 12.5 Å². The first-order valence-corrected chi connectivity index (χ1v) is 12.0. The van der Waals surface area contributed by atoms with E-state index >= 15 is 0 Å². The molecular weight excluding hydrogens is 424 g/mol. The second-order valence-electron chi connectivity index (χ2n) is 7.08. The molecule has 1 aliphatic rings. The van der Waals surface area contributed by atoms with Gasteiger partial charge in [0.25, 0.3) is 0 Å². The number of hydrogen-bond acceptors (Lipinski definition) is 8. The molecule has 0 atom stereocenters. The normalized spacial score (nSPS) is 14.3. The maximum absolute atomic E-state index is 12.4. The van der Waals surface area contributed by atoms with Gasteiger partial charge in [0.15, 0.2) is 12.4 Å². The third-order valence-electron chi connectivity index (χ3n) is 5.12. The van der Waals surface area contributed by atoms with E-state index in [2.05, 4.69) is 14.7 Å². The van der Waals surface area contributed by atoms with E-state index in [1.807, 2.05) is 0 Å². The van der Waals surface area contributed by atoms with E-state index < -0.39 is 16.0 Å². The summed E-state index contributed by atoms with van der Waals surface area (Å²) in [5.41, 5.74) is 7.61. The monoisotopic (exact) mass is 446 g/mol. The molecule has 1 aromatic carbocycles. The van der Waals surface area contributed by atoms with Gasteiger partial charge in [-0.25, -0.2) is 27.9 Å². The molecule has 0 saturated carbocycles. The summed E-state index contributed by atoms with van der Waals surface area (Å²) in [6.45, 7) is -0.148. The Morgan fingerprint density at radius 1 is 1.23 bits per heavy atom. The van der Waals surface area contributed by atoms with Crippen molar-refractivity contribution < 1.29 is 17.9 Å². The van der Waals surface area contributed by atoms with Crippen molar-refractivity contribution >= 4 is 43.4 Å². The Balaban J connectivity index is 1.54. The zero-order chi connectivity index (χ0) is 21.3. The number of fused-ring (bicyclic) bond motifs is 3. The zero-order valence-electron chi connectivity index (χ0n) is 16.5. The number of rotatable bonds is 5. The number of benzene rings is 1. The molecule has 1 aliphatic carbocycles. The van der Waals surface area contributed by atoms with Gasteiger partial charge in [0.05, 0.1) is 15.8 Å².